The number of alkyl halides is 3. The first-order valence-electron chi connectivity index (χ1n) is 7.40. The molecule has 0 aliphatic rings. The molecular formula is C18H13F3N2O2. The molecule has 0 aliphatic heterocycles. The molecule has 128 valence electrons. The number of amides is 1. The Kier molecular flexibility index (Phi) is 4.56. The van der Waals surface area contributed by atoms with Crippen LogP contribution < -0.4 is 5.32 Å². The van der Waals surface area contributed by atoms with E-state index in [0.29, 0.717) is 11.5 Å². The van der Waals surface area contributed by atoms with Gasteiger partial charge in [0.05, 0.1) is 12.1 Å². The third kappa shape index (κ3) is 4.06. The first-order valence-corrected chi connectivity index (χ1v) is 7.40. The van der Waals surface area contributed by atoms with Crippen LogP contribution in [-0.4, -0.2) is 11.1 Å². The molecule has 0 saturated heterocycles. The summed E-state index contributed by atoms with van der Waals surface area (Å²) >= 11 is 0. The van der Waals surface area contributed by atoms with Gasteiger partial charge in [-0.25, -0.2) is 0 Å². The summed E-state index contributed by atoms with van der Waals surface area (Å²) < 4.78 is 42.8. The van der Waals surface area contributed by atoms with E-state index in [1.54, 1.807) is 6.07 Å². The van der Waals surface area contributed by atoms with Crippen molar-refractivity contribution in [2.24, 2.45) is 0 Å². The van der Waals surface area contributed by atoms with E-state index in [1.165, 1.54) is 0 Å². The zero-order valence-corrected chi connectivity index (χ0v) is 12.9. The van der Waals surface area contributed by atoms with E-state index in [0.717, 1.165) is 29.8 Å². The van der Waals surface area contributed by atoms with Crippen molar-refractivity contribution in [2.75, 3.05) is 0 Å². The first-order chi connectivity index (χ1) is 11.9. The summed E-state index contributed by atoms with van der Waals surface area (Å²) in [4.78, 5) is 12.0. The zero-order valence-electron chi connectivity index (χ0n) is 12.9. The van der Waals surface area contributed by atoms with Crippen molar-refractivity contribution in [2.45, 2.75) is 12.7 Å². The maximum Gasteiger partial charge on any atom is 0.416 e. The van der Waals surface area contributed by atoms with E-state index in [4.69, 9.17) is 4.52 Å². The molecule has 1 N–H and O–H groups in total. The van der Waals surface area contributed by atoms with Crippen LogP contribution in [0.25, 0.3) is 11.3 Å². The standard InChI is InChI=1S/C18H13F3N2O2/c19-18(20,21)14-8-6-13(7-9-14)17(24)22-11-15-10-16(25-23-15)12-4-2-1-3-5-12/h1-10H,11H2,(H,22,24). The third-order valence-electron chi connectivity index (χ3n) is 3.52. The highest BCUT2D eigenvalue weighted by molar-refractivity contribution is 5.94. The molecule has 0 spiro atoms. The minimum absolute atomic E-state index is 0.107. The van der Waals surface area contributed by atoms with E-state index in [-0.39, 0.29) is 12.1 Å². The molecule has 25 heavy (non-hydrogen) atoms. The Morgan fingerprint density at radius 2 is 1.72 bits per heavy atom. The van der Waals surface area contributed by atoms with E-state index >= 15 is 0 Å². The lowest BCUT2D eigenvalue weighted by Crippen LogP contribution is -2.23. The van der Waals surface area contributed by atoms with Gasteiger partial charge >= 0.3 is 6.18 Å². The number of hydrogen-bond donors (Lipinski definition) is 1. The van der Waals surface area contributed by atoms with Crippen molar-refractivity contribution < 1.29 is 22.5 Å². The largest absolute Gasteiger partial charge is 0.416 e. The van der Waals surface area contributed by atoms with Crippen molar-refractivity contribution in [3.63, 3.8) is 0 Å². The number of carbonyl (C=O) groups is 1. The topological polar surface area (TPSA) is 55.1 Å². The SMILES string of the molecule is O=C(NCc1cc(-c2ccccc2)on1)c1ccc(C(F)(F)F)cc1. The highest BCUT2D eigenvalue weighted by Crippen LogP contribution is 2.29. The molecule has 4 nitrogen and oxygen atoms in total. The van der Waals surface area contributed by atoms with Crippen LogP contribution >= 0.6 is 0 Å². The Bertz CT molecular complexity index is 856. The third-order valence-corrected chi connectivity index (χ3v) is 3.52. The van der Waals surface area contributed by atoms with Crippen LogP contribution in [0.3, 0.4) is 0 Å². The average molecular weight is 346 g/mol. The molecule has 1 heterocycles. The van der Waals surface area contributed by atoms with Crippen molar-refractivity contribution >= 4 is 5.91 Å². The normalized spacial score (nSPS) is 11.3. The average Bonchev–Trinajstić information content (AvgIpc) is 3.09. The fourth-order valence-corrected chi connectivity index (χ4v) is 2.22. The predicted octanol–water partition coefficient (Wildman–Crippen LogP) is 4.29. The lowest BCUT2D eigenvalue weighted by molar-refractivity contribution is -0.137. The van der Waals surface area contributed by atoms with Gasteiger partial charge in [0.2, 0.25) is 0 Å². The number of nitrogens with one attached hydrogen (secondary N) is 1. The number of benzene rings is 2. The molecule has 0 saturated carbocycles. The molecular weight excluding hydrogens is 333 g/mol. The Balaban J connectivity index is 1.62. The van der Waals surface area contributed by atoms with E-state index in [9.17, 15) is 18.0 Å². The second-order valence-corrected chi connectivity index (χ2v) is 5.31. The van der Waals surface area contributed by atoms with Crippen LogP contribution in [0.5, 0.6) is 0 Å². The number of carbonyl (C=O) groups excluding carboxylic acids is 1. The van der Waals surface area contributed by atoms with Gasteiger partial charge in [-0.1, -0.05) is 35.5 Å². The second-order valence-electron chi connectivity index (χ2n) is 5.31. The second kappa shape index (κ2) is 6.80. The molecule has 1 aromatic heterocycles. The van der Waals surface area contributed by atoms with Gasteiger partial charge in [-0.05, 0) is 24.3 Å². The summed E-state index contributed by atoms with van der Waals surface area (Å²) in [6.07, 6.45) is -4.43. The van der Waals surface area contributed by atoms with E-state index in [1.807, 2.05) is 30.3 Å². The molecule has 7 heteroatoms. The smallest absolute Gasteiger partial charge is 0.356 e. The highest BCUT2D eigenvalue weighted by atomic mass is 19.4. The summed E-state index contributed by atoms with van der Waals surface area (Å²) in [5.74, 6) is 0.0809. The van der Waals surface area contributed by atoms with Crippen LogP contribution in [0.1, 0.15) is 21.6 Å². The predicted molar refractivity (Wildman–Crippen MR) is 84.6 cm³/mol. The summed E-state index contributed by atoms with van der Waals surface area (Å²) in [5.41, 5.74) is 0.710. The first kappa shape index (κ1) is 16.8. The Morgan fingerprint density at radius 1 is 1.04 bits per heavy atom. The van der Waals surface area contributed by atoms with Crippen molar-refractivity contribution in [1.82, 2.24) is 10.5 Å². The quantitative estimate of drug-likeness (QED) is 0.767. The van der Waals surface area contributed by atoms with Gasteiger partial charge in [0.1, 0.15) is 5.69 Å². The number of rotatable bonds is 4. The molecule has 0 radical (unpaired) electrons. The molecule has 0 aliphatic carbocycles. The number of halogens is 3. The Morgan fingerprint density at radius 3 is 2.36 bits per heavy atom. The van der Waals surface area contributed by atoms with Gasteiger partial charge < -0.3 is 9.84 Å². The van der Waals surface area contributed by atoms with Crippen LogP contribution in [0.4, 0.5) is 13.2 Å². The molecule has 0 bridgehead atoms. The van der Waals surface area contributed by atoms with Gasteiger partial charge in [-0.3, -0.25) is 4.79 Å². The zero-order chi connectivity index (χ0) is 17.9. The van der Waals surface area contributed by atoms with Gasteiger partial charge in [-0.2, -0.15) is 13.2 Å². The van der Waals surface area contributed by atoms with Crippen molar-refractivity contribution in [3.05, 3.63) is 77.5 Å². The summed E-state index contributed by atoms with van der Waals surface area (Å²) in [7, 11) is 0. The molecule has 1 amide bonds. The van der Waals surface area contributed by atoms with Gasteiger partial charge in [0.25, 0.3) is 5.91 Å². The maximum atomic E-state index is 12.5. The molecule has 0 fully saturated rings. The van der Waals surface area contributed by atoms with E-state index < -0.39 is 17.6 Å². The van der Waals surface area contributed by atoms with Crippen molar-refractivity contribution in [3.8, 4) is 11.3 Å². The minimum Gasteiger partial charge on any atom is -0.356 e. The molecule has 3 rings (SSSR count). The lowest BCUT2D eigenvalue weighted by atomic mass is 10.1. The van der Waals surface area contributed by atoms with Crippen LogP contribution in [-0.2, 0) is 12.7 Å². The summed E-state index contributed by atoms with van der Waals surface area (Å²) in [6, 6.07) is 15.1. The van der Waals surface area contributed by atoms with Crippen LogP contribution in [0.15, 0.2) is 65.2 Å². The molecule has 0 unspecified atom stereocenters. The fraction of sp³-hybridized carbons (Fsp3) is 0.111. The van der Waals surface area contributed by atoms with Gasteiger partial charge in [-0.15, -0.1) is 0 Å². The summed E-state index contributed by atoms with van der Waals surface area (Å²) in [6.45, 7) is 0.107. The van der Waals surface area contributed by atoms with Gasteiger partial charge in [0, 0.05) is 17.2 Å². The van der Waals surface area contributed by atoms with Crippen LogP contribution in [0, 0.1) is 0 Å². The molecule has 3 aromatic rings. The monoisotopic (exact) mass is 346 g/mol. The minimum atomic E-state index is -4.43. The maximum absolute atomic E-state index is 12.5. The Labute approximate surface area is 141 Å². The fourth-order valence-electron chi connectivity index (χ4n) is 2.22. The molecule has 2 aromatic carbocycles. The van der Waals surface area contributed by atoms with Crippen molar-refractivity contribution in [1.29, 1.82) is 0 Å². The van der Waals surface area contributed by atoms with Crippen LogP contribution in [0.2, 0.25) is 0 Å². The lowest BCUT2D eigenvalue weighted by Gasteiger charge is -2.07. The number of aromatic nitrogens is 1. The Hall–Kier alpha value is -3.09. The number of nitrogens with zero attached hydrogens (tertiary/aromatic N) is 1. The highest BCUT2D eigenvalue weighted by Gasteiger charge is 2.30. The number of hydrogen-bond acceptors (Lipinski definition) is 3. The molecule has 0 atom stereocenters. The van der Waals surface area contributed by atoms with E-state index in [2.05, 4.69) is 10.5 Å². The van der Waals surface area contributed by atoms with Gasteiger partial charge in [0.15, 0.2) is 5.76 Å². The summed E-state index contributed by atoms with van der Waals surface area (Å²) in [5, 5.41) is 6.46.